The topological polar surface area (TPSA) is 93.4 Å². The molecule has 6 heteroatoms. The minimum absolute atomic E-state index is 0.0187. The van der Waals surface area contributed by atoms with Gasteiger partial charge in [-0.25, -0.2) is 4.79 Å². The third-order valence-corrected chi connectivity index (χ3v) is 4.01. The van der Waals surface area contributed by atoms with Crippen LogP contribution in [0.25, 0.3) is 0 Å². The van der Waals surface area contributed by atoms with Gasteiger partial charge in [-0.1, -0.05) is 62.6 Å². The molecule has 0 saturated heterocycles. The van der Waals surface area contributed by atoms with E-state index >= 15 is 0 Å². The van der Waals surface area contributed by atoms with E-state index in [4.69, 9.17) is 10.6 Å². The van der Waals surface area contributed by atoms with Crippen molar-refractivity contribution < 1.29 is 14.4 Å². The van der Waals surface area contributed by atoms with E-state index in [0.717, 1.165) is 29.8 Å². The SMILES string of the molecule is CCCCCC1C(=O)NOc2ccccc21.NC(=O)Nc1ccccc1. The van der Waals surface area contributed by atoms with Crippen LogP contribution in [-0.4, -0.2) is 11.9 Å². The Kier molecular flexibility index (Phi) is 7.49. The number of amides is 3. The minimum Gasteiger partial charge on any atom is -0.379 e. The van der Waals surface area contributed by atoms with E-state index in [9.17, 15) is 9.59 Å². The van der Waals surface area contributed by atoms with Gasteiger partial charge in [0.05, 0.1) is 5.92 Å². The Bertz CT molecular complexity index is 719. The van der Waals surface area contributed by atoms with Crippen molar-refractivity contribution in [3.63, 3.8) is 0 Å². The molecule has 0 fully saturated rings. The predicted molar refractivity (Wildman–Crippen MR) is 102 cm³/mol. The first-order chi connectivity index (χ1) is 12.6. The molecule has 1 unspecified atom stereocenters. The summed E-state index contributed by atoms with van der Waals surface area (Å²) in [5, 5.41) is 2.44. The number of hydrogen-bond donors (Lipinski definition) is 3. The second kappa shape index (κ2) is 10.1. The highest BCUT2D eigenvalue weighted by molar-refractivity contribution is 5.87. The number of carbonyl (C=O) groups excluding carboxylic acids is 2. The number of anilines is 1. The van der Waals surface area contributed by atoms with Gasteiger partial charge in [-0.15, -0.1) is 0 Å². The first-order valence-electron chi connectivity index (χ1n) is 8.79. The Morgan fingerprint density at radius 3 is 2.50 bits per heavy atom. The van der Waals surface area contributed by atoms with Crippen molar-refractivity contribution in [2.24, 2.45) is 5.73 Å². The van der Waals surface area contributed by atoms with Crippen LogP contribution in [0.15, 0.2) is 54.6 Å². The standard InChI is InChI=1S/C13H17NO2.C7H8N2O/c1-2-3-4-8-11-10-7-5-6-9-12(10)16-14-13(11)15;8-7(10)9-6-4-2-1-3-5-6/h5-7,9,11H,2-4,8H2,1H3,(H,14,15);1-5H,(H3,8,9,10). The molecule has 2 aromatic carbocycles. The zero-order chi connectivity index (χ0) is 18.8. The lowest BCUT2D eigenvalue weighted by atomic mass is 9.91. The molecule has 0 spiro atoms. The molecule has 1 aliphatic rings. The molecule has 0 saturated carbocycles. The number of benzene rings is 2. The van der Waals surface area contributed by atoms with Crippen molar-refractivity contribution in [1.82, 2.24) is 5.48 Å². The molecule has 3 amide bonds. The van der Waals surface area contributed by atoms with Gasteiger partial charge in [0.1, 0.15) is 0 Å². The van der Waals surface area contributed by atoms with Crippen LogP contribution in [0.5, 0.6) is 5.75 Å². The summed E-state index contributed by atoms with van der Waals surface area (Å²) in [5.41, 5.74) is 9.08. The molecule has 0 radical (unpaired) electrons. The van der Waals surface area contributed by atoms with Crippen molar-refractivity contribution in [2.45, 2.75) is 38.5 Å². The van der Waals surface area contributed by atoms with Crippen LogP contribution in [0.2, 0.25) is 0 Å². The maximum Gasteiger partial charge on any atom is 0.316 e. The lowest BCUT2D eigenvalue weighted by Gasteiger charge is -2.24. The number of nitrogens with one attached hydrogen (secondary N) is 2. The normalized spacial score (nSPS) is 14.8. The molecule has 3 rings (SSSR count). The molecule has 1 heterocycles. The highest BCUT2D eigenvalue weighted by atomic mass is 16.7. The Labute approximate surface area is 153 Å². The van der Waals surface area contributed by atoms with Gasteiger partial charge in [0.25, 0.3) is 5.91 Å². The third-order valence-electron chi connectivity index (χ3n) is 4.01. The molecule has 2 aromatic rings. The largest absolute Gasteiger partial charge is 0.379 e. The van der Waals surface area contributed by atoms with Gasteiger partial charge in [0.15, 0.2) is 5.75 Å². The van der Waals surface area contributed by atoms with E-state index in [0.29, 0.717) is 0 Å². The summed E-state index contributed by atoms with van der Waals surface area (Å²) in [4.78, 5) is 27.2. The number of hydroxylamine groups is 1. The van der Waals surface area contributed by atoms with Gasteiger partial charge in [0.2, 0.25) is 0 Å². The molecular formula is C20H25N3O3. The van der Waals surface area contributed by atoms with Crippen molar-refractivity contribution in [2.75, 3.05) is 5.32 Å². The van der Waals surface area contributed by atoms with Crippen molar-refractivity contribution in [3.8, 4) is 5.75 Å². The summed E-state index contributed by atoms with van der Waals surface area (Å²) in [6.07, 6.45) is 4.34. The Hall–Kier alpha value is -3.02. The Morgan fingerprint density at radius 1 is 1.12 bits per heavy atom. The van der Waals surface area contributed by atoms with E-state index < -0.39 is 6.03 Å². The quantitative estimate of drug-likeness (QED) is 0.709. The highest BCUT2D eigenvalue weighted by Crippen LogP contribution is 2.33. The van der Waals surface area contributed by atoms with Crippen LogP contribution in [0, 0.1) is 0 Å². The molecule has 1 aliphatic heterocycles. The van der Waals surface area contributed by atoms with Gasteiger partial charge in [-0.2, -0.15) is 5.48 Å². The lowest BCUT2D eigenvalue weighted by molar-refractivity contribution is -0.131. The number of para-hydroxylation sites is 2. The average Bonchev–Trinajstić information content (AvgIpc) is 2.64. The molecular weight excluding hydrogens is 330 g/mol. The van der Waals surface area contributed by atoms with E-state index in [-0.39, 0.29) is 11.8 Å². The lowest BCUT2D eigenvalue weighted by Crippen LogP contribution is -2.36. The molecule has 6 nitrogen and oxygen atoms in total. The van der Waals surface area contributed by atoms with Gasteiger partial charge >= 0.3 is 6.03 Å². The summed E-state index contributed by atoms with van der Waals surface area (Å²) in [5.74, 6) is 0.718. The first-order valence-corrected chi connectivity index (χ1v) is 8.79. The first kappa shape index (κ1) is 19.3. The summed E-state index contributed by atoms with van der Waals surface area (Å²) in [7, 11) is 0. The zero-order valence-corrected chi connectivity index (χ0v) is 14.9. The number of hydrogen-bond acceptors (Lipinski definition) is 3. The predicted octanol–water partition coefficient (Wildman–Crippen LogP) is 3.95. The van der Waals surface area contributed by atoms with Crippen molar-refractivity contribution >= 4 is 17.6 Å². The third kappa shape index (κ3) is 5.81. The van der Waals surface area contributed by atoms with E-state index in [1.165, 1.54) is 12.8 Å². The maximum atomic E-state index is 11.7. The van der Waals surface area contributed by atoms with Crippen LogP contribution in [0.1, 0.15) is 44.1 Å². The summed E-state index contributed by atoms with van der Waals surface area (Å²) >= 11 is 0. The molecule has 4 N–H and O–H groups in total. The second-order valence-corrected chi connectivity index (χ2v) is 6.01. The van der Waals surface area contributed by atoms with Crippen LogP contribution >= 0.6 is 0 Å². The Balaban J connectivity index is 0.000000209. The number of nitrogens with two attached hydrogens (primary N) is 1. The van der Waals surface area contributed by atoms with Gasteiger partial charge in [0, 0.05) is 11.3 Å². The van der Waals surface area contributed by atoms with Crippen LogP contribution in [0.4, 0.5) is 10.5 Å². The summed E-state index contributed by atoms with van der Waals surface area (Å²) in [6.45, 7) is 2.16. The van der Waals surface area contributed by atoms with Crippen molar-refractivity contribution in [1.29, 1.82) is 0 Å². The fourth-order valence-corrected chi connectivity index (χ4v) is 2.73. The number of carbonyl (C=O) groups is 2. The minimum atomic E-state index is -0.536. The molecule has 0 bridgehead atoms. The number of primary amides is 1. The van der Waals surface area contributed by atoms with Crippen LogP contribution in [0.3, 0.4) is 0 Å². The van der Waals surface area contributed by atoms with E-state index in [1.807, 2.05) is 42.5 Å². The van der Waals surface area contributed by atoms with Crippen LogP contribution < -0.4 is 21.4 Å². The molecule has 0 aromatic heterocycles. The van der Waals surface area contributed by atoms with Crippen molar-refractivity contribution in [3.05, 3.63) is 60.2 Å². The summed E-state index contributed by atoms with van der Waals surface area (Å²) in [6, 6.07) is 16.3. The zero-order valence-electron chi connectivity index (χ0n) is 14.9. The van der Waals surface area contributed by atoms with E-state index in [1.54, 1.807) is 12.1 Å². The molecule has 138 valence electrons. The second-order valence-electron chi connectivity index (χ2n) is 6.01. The van der Waals surface area contributed by atoms with E-state index in [2.05, 4.69) is 17.7 Å². The smallest absolute Gasteiger partial charge is 0.316 e. The fraction of sp³-hybridized carbons (Fsp3) is 0.300. The number of fused-ring (bicyclic) bond motifs is 1. The number of urea groups is 1. The monoisotopic (exact) mass is 355 g/mol. The van der Waals surface area contributed by atoms with Gasteiger partial charge in [-0.05, 0) is 24.6 Å². The molecule has 26 heavy (non-hydrogen) atoms. The Morgan fingerprint density at radius 2 is 1.81 bits per heavy atom. The van der Waals surface area contributed by atoms with Gasteiger partial charge in [-0.3, -0.25) is 4.79 Å². The number of unbranched alkanes of at least 4 members (excludes halogenated alkanes) is 2. The van der Waals surface area contributed by atoms with Crippen LogP contribution in [-0.2, 0) is 4.79 Å². The fourth-order valence-electron chi connectivity index (χ4n) is 2.73. The summed E-state index contributed by atoms with van der Waals surface area (Å²) < 4.78 is 0. The average molecular weight is 355 g/mol. The highest BCUT2D eigenvalue weighted by Gasteiger charge is 2.28. The molecule has 1 atom stereocenters. The number of rotatable bonds is 5. The maximum absolute atomic E-state index is 11.7. The van der Waals surface area contributed by atoms with Gasteiger partial charge < -0.3 is 15.9 Å². The molecule has 0 aliphatic carbocycles.